The van der Waals surface area contributed by atoms with Gasteiger partial charge in [-0.05, 0) is 30.3 Å². The fourth-order valence-electron chi connectivity index (χ4n) is 4.12. The molecule has 0 N–H and O–H groups in total. The molecule has 9 heteroatoms. The molecule has 0 radical (unpaired) electrons. The van der Waals surface area contributed by atoms with Crippen molar-refractivity contribution in [2.24, 2.45) is 0 Å². The van der Waals surface area contributed by atoms with Gasteiger partial charge in [0.2, 0.25) is 0 Å². The van der Waals surface area contributed by atoms with Gasteiger partial charge in [0.1, 0.15) is 5.75 Å². The smallest absolute Gasteiger partial charge is 0.289 e. The van der Waals surface area contributed by atoms with E-state index in [9.17, 15) is 9.59 Å². The van der Waals surface area contributed by atoms with Gasteiger partial charge in [-0.1, -0.05) is 6.07 Å². The van der Waals surface area contributed by atoms with Gasteiger partial charge < -0.3 is 28.4 Å². The number of carbonyl (C=O) groups excluding carboxylic acids is 2. The fraction of sp³-hybridized carbons (Fsp3) is 0.500. The van der Waals surface area contributed by atoms with Crippen molar-refractivity contribution in [2.75, 3.05) is 72.7 Å². The number of morpholine rings is 2. The quantitative estimate of drug-likeness (QED) is 0.595. The Hall–Kier alpha value is -2.88. The van der Waals surface area contributed by atoms with Crippen LogP contribution in [0.1, 0.15) is 20.9 Å². The average molecular weight is 458 g/mol. The van der Waals surface area contributed by atoms with Crippen molar-refractivity contribution in [1.29, 1.82) is 0 Å². The normalized spacial score (nSPS) is 19.3. The van der Waals surface area contributed by atoms with Crippen molar-refractivity contribution in [3.63, 3.8) is 0 Å². The fourth-order valence-corrected chi connectivity index (χ4v) is 4.12. The molecule has 0 aliphatic carbocycles. The first-order valence-electron chi connectivity index (χ1n) is 11.3. The number of amides is 2. The first-order valence-corrected chi connectivity index (χ1v) is 11.3. The van der Waals surface area contributed by atoms with Gasteiger partial charge in [0.05, 0.1) is 39.3 Å². The molecule has 1 aromatic heterocycles. The second kappa shape index (κ2) is 11.3. The molecule has 2 aliphatic heterocycles. The Morgan fingerprint density at radius 1 is 1.12 bits per heavy atom. The molecule has 0 bridgehead atoms. The van der Waals surface area contributed by atoms with Crippen LogP contribution in [-0.4, -0.2) is 105 Å². The molecule has 3 heterocycles. The van der Waals surface area contributed by atoms with Gasteiger partial charge in [0.25, 0.3) is 11.8 Å². The van der Waals surface area contributed by atoms with Crippen LogP contribution < -0.4 is 4.74 Å². The molecule has 178 valence electrons. The van der Waals surface area contributed by atoms with Crippen LogP contribution in [0.3, 0.4) is 0 Å². The monoisotopic (exact) mass is 457 g/mol. The first-order chi connectivity index (χ1) is 16.1. The summed E-state index contributed by atoms with van der Waals surface area (Å²) in [7, 11) is 1.58. The summed E-state index contributed by atoms with van der Waals surface area (Å²) < 4.78 is 21.9. The van der Waals surface area contributed by atoms with E-state index < -0.39 is 0 Å². The van der Waals surface area contributed by atoms with Crippen molar-refractivity contribution in [3.8, 4) is 5.75 Å². The first kappa shape index (κ1) is 23.3. The summed E-state index contributed by atoms with van der Waals surface area (Å²) in [6.45, 7) is 6.14. The van der Waals surface area contributed by atoms with E-state index >= 15 is 0 Å². The number of methoxy groups -OCH3 is 1. The minimum Gasteiger partial charge on any atom is -0.497 e. The highest BCUT2D eigenvalue weighted by molar-refractivity contribution is 5.94. The van der Waals surface area contributed by atoms with Crippen molar-refractivity contribution < 1.29 is 28.2 Å². The summed E-state index contributed by atoms with van der Waals surface area (Å²) in [6.07, 6.45) is 1.21. The zero-order chi connectivity index (χ0) is 23.0. The summed E-state index contributed by atoms with van der Waals surface area (Å²) in [5, 5.41) is 0. The molecule has 1 aromatic carbocycles. The lowest BCUT2D eigenvalue weighted by molar-refractivity contribution is -0.0354. The van der Waals surface area contributed by atoms with E-state index in [0.717, 1.165) is 19.6 Å². The van der Waals surface area contributed by atoms with Crippen molar-refractivity contribution in [3.05, 3.63) is 54.0 Å². The van der Waals surface area contributed by atoms with Gasteiger partial charge in [-0.25, -0.2) is 0 Å². The molecule has 2 aliphatic rings. The molecule has 2 aromatic rings. The maximum absolute atomic E-state index is 13.4. The minimum absolute atomic E-state index is 0.0831. The lowest BCUT2D eigenvalue weighted by Gasteiger charge is -2.36. The number of hydrogen-bond acceptors (Lipinski definition) is 7. The van der Waals surface area contributed by atoms with Gasteiger partial charge in [0.15, 0.2) is 5.76 Å². The molecule has 2 amide bonds. The number of furan rings is 1. The van der Waals surface area contributed by atoms with Crippen LogP contribution in [0.25, 0.3) is 0 Å². The van der Waals surface area contributed by atoms with E-state index in [1.54, 1.807) is 36.3 Å². The molecule has 1 unspecified atom stereocenters. The Kier molecular flexibility index (Phi) is 7.98. The number of rotatable bonds is 8. The molecule has 2 fully saturated rings. The van der Waals surface area contributed by atoms with E-state index in [1.165, 1.54) is 6.26 Å². The third-order valence-electron chi connectivity index (χ3n) is 5.98. The minimum atomic E-state index is -0.281. The number of benzene rings is 1. The van der Waals surface area contributed by atoms with Crippen LogP contribution >= 0.6 is 0 Å². The third-order valence-corrected chi connectivity index (χ3v) is 5.98. The Labute approximate surface area is 193 Å². The van der Waals surface area contributed by atoms with E-state index in [2.05, 4.69) is 4.90 Å². The van der Waals surface area contributed by atoms with Gasteiger partial charge in [-0.2, -0.15) is 0 Å². The zero-order valence-corrected chi connectivity index (χ0v) is 19.0. The number of hydrogen-bond donors (Lipinski definition) is 0. The van der Waals surface area contributed by atoms with Crippen LogP contribution in [0.4, 0.5) is 0 Å². The molecule has 4 rings (SSSR count). The Bertz CT molecular complexity index is 913. The molecule has 0 spiro atoms. The molecule has 2 saturated heterocycles. The maximum Gasteiger partial charge on any atom is 0.289 e. The predicted molar refractivity (Wildman–Crippen MR) is 121 cm³/mol. The Morgan fingerprint density at radius 3 is 2.73 bits per heavy atom. The van der Waals surface area contributed by atoms with Crippen molar-refractivity contribution >= 4 is 11.8 Å². The van der Waals surface area contributed by atoms with Gasteiger partial charge in [-0.15, -0.1) is 0 Å². The molecule has 33 heavy (non-hydrogen) atoms. The average Bonchev–Trinajstić information content (AvgIpc) is 3.41. The van der Waals surface area contributed by atoms with E-state index in [-0.39, 0.29) is 17.9 Å². The highest BCUT2D eigenvalue weighted by Gasteiger charge is 2.29. The summed E-state index contributed by atoms with van der Waals surface area (Å²) in [5.74, 6) is 0.706. The second-order valence-corrected chi connectivity index (χ2v) is 8.16. The van der Waals surface area contributed by atoms with Gasteiger partial charge in [0, 0.05) is 51.4 Å². The van der Waals surface area contributed by atoms with Crippen LogP contribution in [-0.2, 0) is 9.47 Å². The second-order valence-electron chi connectivity index (χ2n) is 8.16. The molecule has 0 saturated carbocycles. The zero-order valence-electron chi connectivity index (χ0n) is 19.0. The highest BCUT2D eigenvalue weighted by atomic mass is 16.5. The lowest BCUT2D eigenvalue weighted by Crippen LogP contribution is -2.52. The molecular weight excluding hydrogens is 426 g/mol. The van der Waals surface area contributed by atoms with Crippen LogP contribution in [0.2, 0.25) is 0 Å². The molecule has 1 atom stereocenters. The van der Waals surface area contributed by atoms with E-state index in [1.807, 2.05) is 17.0 Å². The third kappa shape index (κ3) is 6.13. The maximum atomic E-state index is 13.4. The SMILES string of the molecule is COc1cccc(C(=O)N(CCN2CCOCC2)CC2CN(C(=O)c3ccco3)CCO2)c1. The van der Waals surface area contributed by atoms with E-state index in [0.29, 0.717) is 63.1 Å². The lowest BCUT2D eigenvalue weighted by atomic mass is 10.1. The summed E-state index contributed by atoms with van der Waals surface area (Å²) in [6, 6.07) is 10.5. The standard InChI is InChI=1S/C24H31N3O6/c1-30-20-5-2-4-19(16-20)23(28)26(8-7-25-9-13-31-14-10-25)17-21-18-27(11-15-32-21)24(29)22-6-3-12-33-22/h2-6,12,16,21H,7-11,13-15,17-18H2,1H3. The summed E-state index contributed by atoms with van der Waals surface area (Å²) in [4.78, 5) is 32.0. The van der Waals surface area contributed by atoms with Crippen LogP contribution in [0.5, 0.6) is 5.75 Å². The Morgan fingerprint density at radius 2 is 1.97 bits per heavy atom. The number of carbonyl (C=O) groups is 2. The number of ether oxygens (including phenoxy) is 3. The largest absolute Gasteiger partial charge is 0.497 e. The molecular formula is C24H31N3O6. The summed E-state index contributed by atoms with van der Waals surface area (Å²) >= 11 is 0. The predicted octanol–water partition coefficient (Wildman–Crippen LogP) is 1.60. The van der Waals surface area contributed by atoms with Gasteiger partial charge >= 0.3 is 0 Å². The molecule has 9 nitrogen and oxygen atoms in total. The number of nitrogens with zero attached hydrogens (tertiary/aromatic N) is 3. The van der Waals surface area contributed by atoms with Crippen molar-refractivity contribution in [2.45, 2.75) is 6.10 Å². The Balaban J connectivity index is 1.44. The topological polar surface area (TPSA) is 84.7 Å². The van der Waals surface area contributed by atoms with Crippen LogP contribution in [0.15, 0.2) is 47.1 Å². The van der Waals surface area contributed by atoms with Crippen molar-refractivity contribution in [1.82, 2.24) is 14.7 Å². The van der Waals surface area contributed by atoms with Gasteiger partial charge in [-0.3, -0.25) is 14.5 Å². The van der Waals surface area contributed by atoms with Crippen LogP contribution in [0, 0.1) is 0 Å². The van der Waals surface area contributed by atoms with E-state index in [4.69, 9.17) is 18.6 Å². The summed E-state index contributed by atoms with van der Waals surface area (Å²) in [5.41, 5.74) is 0.565. The highest BCUT2D eigenvalue weighted by Crippen LogP contribution is 2.17.